The third kappa shape index (κ3) is 2.50. The lowest BCUT2D eigenvalue weighted by Gasteiger charge is -2.18. The van der Waals surface area contributed by atoms with E-state index in [1.165, 1.54) is 6.07 Å². The maximum atomic E-state index is 14.3. The van der Waals surface area contributed by atoms with Gasteiger partial charge in [-0.1, -0.05) is 90.5 Å². The average molecular weight is 431 g/mol. The van der Waals surface area contributed by atoms with Crippen molar-refractivity contribution in [1.29, 1.82) is 0 Å². The summed E-state index contributed by atoms with van der Waals surface area (Å²) >= 11 is 6.17. The second-order valence-corrected chi connectivity index (χ2v) is 8.14. The summed E-state index contributed by atoms with van der Waals surface area (Å²) in [6.07, 6.45) is -4.58. The Labute approximate surface area is 182 Å². The molecule has 4 heteroatoms. The Morgan fingerprint density at radius 1 is 0.484 bits per heavy atom. The van der Waals surface area contributed by atoms with Crippen LogP contribution in [0.1, 0.15) is 27.8 Å². The predicted octanol–water partition coefficient (Wildman–Crippen LogP) is 8.33. The highest BCUT2D eigenvalue weighted by molar-refractivity contribution is 6.32. The van der Waals surface area contributed by atoms with Crippen molar-refractivity contribution in [2.24, 2.45) is 0 Å². The molecule has 4 aromatic rings. The minimum Gasteiger partial charge on any atom is -0.166 e. The lowest BCUT2D eigenvalue weighted by Crippen LogP contribution is -2.10. The van der Waals surface area contributed by atoms with Gasteiger partial charge < -0.3 is 0 Å². The Kier molecular flexibility index (Phi) is 3.78. The summed E-state index contributed by atoms with van der Waals surface area (Å²) in [6, 6.07) is 26.3. The molecular formula is C27H14ClF3. The van der Waals surface area contributed by atoms with Gasteiger partial charge in [0.05, 0.1) is 10.6 Å². The topological polar surface area (TPSA) is 0 Å². The third-order valence-electron chi connectivity index (χ3n) is 6.11. The zero-order valence-electron chi connectivity index (χ0n) is 16.1. The smallest absolute Gasteiger partial charge is 0.166 e. The van der Waals surface area contributed by atoms with Gasteiger partial charge in [0.15, 0.2) is 0 Å². The summed E-state index contributed by atoms with van der Waals surface area (Å²) in [5, 5.41) is -0.281. The second kappa shape index (κ2) is 6.35. The molecule has 0 radical (unpaired) electrons. The fourth-order valence-electron chi connectivity index (χ4n) is 4.96. The molecule has 0 spiro atoms. The van der Waals surface area contributed by atoms with Gasteiger partial charge in [-0.2, -0.15) is 13.2 Å². The first-order valence-electron chi connectivity index (χ1n) is 9.90. The Bertz CT molecular complexity index is 1380. The van der Waals surface area contributed by atoms with Crippen LogP contribution in [0, 0.1) is 0 Å². The van der Waals surface area contributed by atoms with Gasteiger partial charge in [-0.25, -0.2) is 0 Å². The van der Waals surface area contributed by atoms with Gasteiger partial charge in [-0.15, -0.1) is 0 Å². The number of hydrogen-bond acceptors (Lipinski definition) is 0. The molecule has 0 atom stereocenters. The van der Waals surface area contributed by atoms with E-state index in [1.807, 2.05) is 72.8 Å². The fourth-order valence-corrected chi connectivity index (χ4v) is 5.22. The molecule has 0 saturated heterocycles. The molecule has 0 fully saturated rings. The lowest BCUT2D eigenvalue weighted by molar-refractivity contribution is -0.137. The number of fused-ring (bicyclic) bond motifs is 6. The Hall–Kier alpha value is -3.30. The van der Waals surface area contributed by atoms with Gasteiger partial charge in [0.25, 0.3) is 0 Å². The maximum absolute atomic E-state index is 14.3. The molecule has 150 valence electrons. The van der Waals surface area contributed by atoms with E-state index in [9.17, 15) is 13.2 Å². The van der Waals surface area contributed by atoms with E-state index >= 15 is 0 Å². The quantitative estimate of drug-likeness (QED) is 0.227. The number of alkyl halides is 3. The van der Waals surface area contributed by atoms with Crippen LogP contribution < -0.4 is 0 Å². The first-order chi connectivity index (χ1) is 15.0. The third-order valence-corrected chi connectivity index (χ3v) is 6.42. The second-order valence-electron chi connectivity index (χ2n) is 7.73. The largest absolute Gasteiger partial charge is 0.418 e. The summed E-state index contributed by atoms with van der Waals surface area (Å²) in [5.74, 6) is 0. The van der Waals surface area contributed by atoms with Crippen LogP contribution >= 0.6 is 11.6 Å². The molecular weight excluding hydrogens is 417 g/mol. The van der Waals surface area contributed by atoms with Crippen LogP contribution in [0.25, 0.3) is 33.4 Å². The van der Waals surface area contributed by atoms with E-state index in [4.69, 9.17) is 11.6 Å². The van der Waals surface area contributed by atoms with Crippen LogP contribution in [0.5, 0.6) is 0 Å². The molecule has 0 aliphatic heterocycles. The van der Waals surface area contributed by atoms with E-state index in [1.54, 1.807) is 6.07 Å². The summed E-state index contributed by atoms with van der Waals surface area (Å²) in [4.78, 5) is 0. The van der Waals surface area contributed by atoms with Gasteiger partial charge in [-0.3, -0.25) is 0 Å². The molecule has 2 aliphatic rings. The van der Waals surface area contributed by atoms with Gasteiger partial charge in [-0.05, 0) is 56.2 Å². The number of rotatable bonds is 0. The molecule has 0 N–H and O–H groups in total. The fraction of sp³-hybridized carbons (Fsp3) is 0.0370. The van der Waals surface area contributed by atoms with Crippen LogP contribution in [-0.2, 0) is 6.18 Å². The van der Waals surface area contributed by atoms with Crippen molar-refractivity contribution in [1.82, 2.24) is 0 Å². The summed E-state index contributed by atoms with van der Waals surface area (Å²) < 4.78 is 42.8. The minimum absolute atomic E-state index is 0.169. The zero-order chi connectivity index (χ0) is 21.3. The predicted molar refractivity (Wildman–Crippen MR) is 119 cm³/mol. The van der Waals surface area contributed by atoms with Crippen molar-refractivity contribution in [3.05, 3.63) is 118 Å². The van der Waals surface area contributed by atoms with Crippen molar-refractivity contribution < 1.29 is 13.2 Å². The van der Waals surface area contributed by atoms with E-state index in [0.717, 1.165) is 39.0 Å². The average Bonchev–Trinajstić information content (AvgIpc) is 3.25. The summed E-state index contributed by atoms with van der Waals surface area (Å²) in [5.41, 5.74) is 6.92. The highest BCUT2D eigenvalue weighted by Crippen LogP contribution is 2.57. The molecule has 0 bridgehead atoms. The molecule has 0 aromatic heterocycles. The van der Waals surface area contributed by atoms with Crippen molar-refractivity contribution in [3.8, 4) is 22.3 Å². The monoisotopic (exact) mass is 430 g/mol. The van der Waals surface area contributed by atoms with Gasteiger partial charge >= 0.3 is 6.18 Å². The van der Waals surface area contributed by atoms with Crippen LogP contribution in [0.3, 0.4) is 0 Å². The maximum Gasteiger partial charge on any atom is 0.418 e. The zero-order valence-corrected chi connectivity index (χ0v) is 16.9. The van der Waals surface area contributed by atoms with Crippen LogP contribution in [0.4, 0.5) is 13.2 Å². The molecule has 2 aliphatic carbocycles. The Balaban J connectivity index is 1.85. The normalized spacial score (nSPS) is 13.7. The van der Waals surface area contributed by atoms with Crippen molar-refractivity contribution >= 4 is 22.7 Å². The van der Waals surface area contributed by atoms with E-state index in [0.29, 0.717) is 11.1 Å². The van der Waals surface area contributed by atoms with E-state index < -0.39 is 11.7 Å². The lowest BCUT2D eigenvalue weighted by atomic mass is 9.89. The molecule has 0 unspecified atom stereocenters. The van der Waals surface area contributed by atoms with Crippen LogP contribution in [-0.4, -0.2) is 0 Å². The van der Waals surface area contributed by atoms with Crippen molar-refractivity contribution in [3.63, 3.8) is 0 Å². The van der Waals surface area contributed by atoms with Crippen molar-refractivity contribution in [2.45, 2.75) is 6.18 Å². The summed E-state index contributed by atoms with van der Waals surface area (Å²) in [6.45, 7) is 0. The number of halogens is 4. The standard InChI is InChI=1S/C27H14ClF3/c28-22-14-13-21-17-9-3-6-12-20(17)24(25(21)26(22)27(29,30)31)23-18-10-4-1-7-15(18)16-8-2-5-11-19(16)23/h1-14H. The van der Waals surface area contributed by atoms with E-state index in [-0.39, 0.29) is 10.6 Å². The highest BCUT2D eigenvalue weighted by Gasteiger charge is 2.42. The molecule has 4 aromatic carbocycles. The molecule has 6 rings (SSSR count). The SMILES string of the molecule is FC(F)(F)c1c(Cl)ccc2c1C(=C1c3ccccc3-c3ccccc31)c1ccccc1-2. The van der Waals surface area contributed by atoms with Gasteiger partial charge in [0.1, 0.15) is 0 Å². The molecule has 0 nitrogen and oxygen atoms in total. The minimum atomic E-state index is -4.58. The first kappa shape index (κ1) is 18.5. The van der Waals surface area contributed by atoms with E-state index in [2.05, 4.69) is 0 Å². The van der Waals surface area contributed by atoms with Gasteiger partial charge in [0.2, 0.25) is 0 Å². The van der Waals surface area contributed by atoms with Gasteiger partial charge in [0, 0.05) is 5.56 Å². The molecule has 0 amide bonds. The number of hydrogen-bond donors (Lipinski definition) is 0. The molecule has 0 heterocycles. The molecule has 0 saturated carbocycles. The van der Waals surface area contributed by atoms with Crippen molar-refractivity contribution in [2.75, 3.05) is 0 Å². The number of benzene rings is 4. The first-order valence-corrected chi connectivity index (χ1v) is 10.3. The summed E-state index contributed by atoms with van der Waals surface area (Å²) in [7, 11) is 0. The van der Waals surface area contributed by atoms with Crippen LogP contribution in [0.2, 0.25) is 5.02 Å². The molecule has 31 heavy (non-hydrogen) atoms. The Morgan fingerprint density at radius 2 is 0.903 bits per heavy atom. The van der Waals surface area contributed by atoms with Crippen LogP contribution in [0.15, 0.2) is 84.9 Å². The highest BCUT2D eigenvalue weighted by atomic mass is 35.5. The Morgan fingerprint density at radius 3 is 1.39 bits per heavy atom.